The summed E-state index contributed by atoms with van der Waals surface area (Å²) in [5.74, 6) is -13.7. The lowest BCUT2D eigenvalue weighted by atomic mass is 9.87. The van der Waals surface area contributed by atoms with Gasteiger partial charge in [0.05, 0.1) is 69.5 Å². The maximum Gasteiger partial charge on any atom is 0.364 e. The molecule has 34 nitrogen and oxygen atoms in total. The number of amides is 3. The van der Waals surface area contributed by atoms with Crippen LogP contribution in [0.2, 0.25) is 0 Å². The topological polar surface area (TPSA) is 559 Å². The van der Waals surface area contributed by atoms with E-state index >= 15 is 0 Å². The van der Waals surface area contributed by atoms with Crippen molar-refractivity contribution in [3.63, 3.8) is 0 Å². The lowest BCUT2D eigenvalue weighted by molar-refractivity contribution is -0.388. The van der Waals surface area contributed by atoms with Gasteiger partial charge >= 0.3 is 11.9 Å². The number of carboxylic acids is 2. The number of hydrogen-bond acceptors (Lipinski definition) is 29. The molecule has 3 amide bonds. The van der Waals surface area contributed by atoms with Crippen LogP contribution in [-0.2, 0) is 61.9 Å². The van der Waals surface area contributed by atoms with Crippen molar-refractivity contribution in [2.75, 3.05) is 33.0 Å². The number of rotatable bonds is 56. The summed E-state index contributed by atoms with van der Waals surface area (Å²) in [6.45, 7) is 0.701. The fraction of sp³-hybridized carbons (Fsp3) is 0.932. The van der Waals surface area contributed by atoms with Gasteiger partial charge in [0, 0.05) is 26.7 Å². The van der Waals surface area contributed by atoms with Gasteiger partial charge in [-0.25, -0.2) is 9.59 Å². The van der Waals surface area contributed by atoms with E-state index in [-0.39, 0.29) is 12.8 Å². The Labute approximate surface area is 628 Å². The molecule has 0 aromatic carbocycles. The van der Waals surface area contributed by atoms with Gasteiger partial charge in [-0.2, -0.15) is 0 Å². The number of aliphatic carboxylic acids is 2. The standard InChI is InChI=1S/C73H133N3O31/c1-5-7-9-11-13-15-17-18-19-20-21-22-23-25-27-29-31-33-35-47(84)67(95)76-45(56(88)46(83)34-32-30-28-26-24-16-14-12-10-8-6-2)42-100-68-61(93)60(92)63(53(41-80)102-68)103-69-62(94)66(58(90)51(39-78)101-69)107-73(71(98)99)37-49(86)55(75-44(4)82)65(106-73)59(91)52(40-79)104-72(70(96)97)36-48(85)54(74-43(3)81)64(105-72)57(89)50(87)38-77/h45-66,68-69,77-80,83-94H,5-42H2,1-4H3,(H,74,81)(H,75,82)(H,76,95)(H,96,97)(H,98,99)/t45-,46+,47+,48-,49-,50+,51+,52+,53?,54+,55+,56-,57+,58-,59+,60+,61+,62+,63+,64+,65+,66-,68+,69-,72-,73-/m0/s1. The molecule has 0 spiro atoms. The third-order valence-corrected chi connectivity index (χ3v) is 20.8. The summed E-state index contributed by atoms with van der Waals surface area (Å²) in [6, 6.07) is -5.12. The van der Waals surface area contributed by atoms with E-state index in [0.717, 1.165) is 78.1 Å². The van der Waals surface area contributed by atoms with Gasteiger partial charge in [0.15, 0.2) is 12.6 Å². The van der Waals surface area contributed by atoms with E-state index in [0.29, 0.717) is 12.8 Å². The highest BCUT2D eigenvalue weighted by Gasteiger charge is 2.62. The van der Waals surface area contributed by atoms with Crippen molar-refractivity contribution in [1.29, 1.82) is 0 Å². The Morgan fingerprint density at radius 1 is 0.477 bits per heavy atom. The van der Waals surface area contributed by atoms with Gasteiger partial charge in [0.2, 0.25) is 17.7 Å². The largest absolute Gasteiger partial charge is 0.477 e. The third kappa shape index (κ3) is 30.4. The van der Waals surface area contributed by atoms with Gasteiger partial charge < -0.3 is 146 Å². The first-order chi connectivity index (χ1) is 51.0. The molecule has 0 bridgehead atoms. The summed E-state index contributed by atoms with van der Waals surface area (Å²) in [5.41, 5.74) is 0. The summed E-state index contributed by atoms with van der Waals surface area (Å²) >= 11 is 0. The molecule has 0 radical (unpaired) electrons. The minimum absolute atomic E-state index is 0.0882. The molecule has 0 aliphatic carbocycles. The van der Waals surface area contributed by atoms with Crippen molar-refractivity contribution in [2.24, 2.45) is 0 Å². The molecule has 4 aliphatic heterocycles. The van der Waals surface area contributed by atoms with E-state index in [9.17, 15) is 116 Å². The van der Waals surface area contributed by atoms with Gasteiger partial charge in [0.25, 0.3) is 11.6 Å². The molecule has 21 N–H and O–H groups in total. The molecule has 0 aromatic heterocycles. The highest BCUT2D eigenvalue weighted by atomic mass is 16.8. The molecule has 4 heterocycles. The van der Waals surface area contributed by atoms with Crippen LogP contribution in [0.4, 0.5) is 0 Å². The van der Waals surface area contributed by atoms with E-state index in [1.165, 1.54) is 109 Å². The zero-order valence-corrected chi connectivity index (χ0v) is 63.1. The SMILES string of the molecule is CCCCCCCCCCCCCCCCCCCC[C@@H](O)C(=O)N[C@@H](CO[C@@H]1OC(CO)[C@@H](O[C@@H]2O[C@H](CO)[C@H](O)[C@H](O[C@]3(C(=O)O)C[C@H](O)[C@@H](NC(C)=O)[C@H]([C@H](O)[C@@H](CO)O[C@@]4(C(=O)O)C[C@H](O)[C@@H](NC(C)=O)[C@H]([C@H](O)[C@H](O)CO)O4)O3)[C@H]2O)[C@H](O)[C@H]1O)[C@H](O)[C@H](O)CCCCCCCCCCCCC. The quantitative estimate of drug-likeness (QED) is 0.0347. The van der Waals surface area contributed by atoms with Crippen LogP contribution in [0, 0.1) is 0 Å². The number of carboxylic acid groups (broad SMARTS) is 2. The molecule has 4 saturated heterocycles. The van der Waals surface area contributed by atoms with E-state index in [1.807, 2.05) is 0 Å². The number of unbranched alkanes of at least 4 members (excludes halogenated alkanes) is 27. The number of aliphatic hydroxyl groups excluding tert-OH is 16. The molecule has 626 valence electrons. The minimum atomic E-state index is -3.42. The summed E-state index contributed by atoms with van der Waals surface area (Å²) in [7, 11) is 0. The first kappa shape index (κ1) is 95.8. The summed E-state index contributed by atoms with van der Waals surface area (Å²) in [4.78, 5) is 65.2. The van der Waals surface area contributed by atoms with Crippen LogP contribution in [-0.4, -0.2) is 313 Å². The van der Waals surface area contributed by atoms with Crippen LogP contribution < -0.4 is 16.0 Å². The summed E-state index contributed by atoms with van der Waals surface area (Å²) < 4.78 is 46.3. The van der Waals surface area contributed by atoms with Crippen LogP contribution in [0.25, 0.3) is 0 Å². The lowest BCUT2D eigenvalue weighted by Gasteiger charge is -2.51. The fourth-order valence-electron chi connectivity index (χ4n) is 14.4. The maximum absolute atomic E-state index is 13.7. The Bertz CT molecular complexity index is 2480. The predicted molar refractivity (Wildman–Crippen MR) is 380 cm³/mol. The van der Waals surface area contributed by atoms with Crippen molar-refractivity contribution in [3.05, 3.63) is 0 Å². The van der Waals surface area contributed by atoms with Crippen LogP contribution in [0.15, 0.2) is 0 Å². The van der Waals surface area contributed by atoms with Crippen LogP contribution in [0.1, 0.15) is 240 Å². The average Bonchev–Trinajstić information content (AvgIpc) is 0.744. The number of nitrogens with one attached hydrogen (secondary N) is 3. The van der Waals surface area contributed by atoms with E-state index in [2.05, 4.69) is 29.8 Å². The fourth-order valence-corrected chi connectivity index (χ4v) is 14.4. The molecule has 34 heteroatoms. The molecule has 4 fully saturated rings. The smallest absolute Gasteiger partial charge is 0.364 e. The van der Waals surface area contributed by atoms with E-state index in [4.69, 9.17) is 37.9 Å². The van der Waals surface area contributed by atoms with Crippen LogP contribution >= 0.6 is 0 Å². The Hall–Kier alpha value is -3.61. The van der Waals surface area contributed by atoms with Crippen molar-refractivity contribution in [1.82, 2.24) is 16.0 Å². The normalized spacial score (nSPS) is 31.4. The van der Waals surface area contributed by atoms with Gasteiger partial charge in [-0.05, 0) is 12.8 Å². The molecule has 0 aromatic rings. The Morgan fingerprint density at radius 3 is 1.33 bits per heavy atom. The summed E-state index contributed by atoms with van der Waals surface area (Å²) in [5, 5.41) is 207. The number of aliphatic hydroxyl groups is 16. The first-order valence-electron chi connectivity index (χ1n) is 39.2. The number of carbonyl (C=O) groups is 5. The molecule has 4 aliphatic rings. The second kappa shape index (κ2) is 50.5. The zero-order valence-electron chi connectivity index (χ0n) is 63.1. The number of carbonyl (C=O) groups excluding carboxylic acids is 3. The molecular formula is C73H133N3O31. The van der Waals surface area contributed by atoms with Crippen molar-refractivity contribution in [3.8, 4) is 0 Å². The Balaban J connectivity index is 1.49. The molecule has 26 atom stereocenters. The average molecular weight is 1550 g/mol. The third-order valence-electron chi connectivity index (χ3n) is 20.8. The monoisotopic (exact) mass is 1550 g/mol. The van der Waals surface area contributed by atoms with Gasteiger partial charge in [-0.1, -0.05) is 200 Å². The molecule has 0 saturated carbocycles. The minimum Gasteiger partial charge on any atom is -0.477 e. The second-order valence-electron chi connectivity index (χ2n) is 29.6. The van der Waals surface area contributed by atoms with Crippen LogP contribution in [0.5, 0.6) is 0 Å². The number of ether oxygens (including phenoxy) is 8. The van der Waals surface area contributed by atoms with E-state index in [1.54, 1.807) is 0 Å². The Kier molecular flexibility index (Phi) is 45.2. The second-order valence-corrected chi connectivity index (χ2v) is 29.6. The highest BCUT2D eigenvalue weighted by molar-refractivity contribution is 5.81. The van der Waals surface area contributed by atoms with Gasteiger partial charge in [-0.15, -0.1) is 0 Å². The van der Waals surface area contributed by atoms with E-state index < -0.39 is 234 Å². The van der Waals surface area contributed by atoms with Crippen molar-refractivity contribution < 1.29 is 154 Å². The molecule has 4 rings (SSSR count). The summed E-state index contributed by atoms with van der Waals surface area (Å²) in [6.07, 6.45) is -14.3. The predicted octanol–water partition coefficient (Wildman–Crippen LogP) is -0.325. The maximum atomic E-state index is 13.7. The number of hydrogen-bond donors (Lipinski definition) is 21. The lowest BCUT2D eigenvalue weighted by Crippen LogP contribution is -2.72. The van der Waals surface area contributed by atoms with Gasteiger partial charge in [0.1, 0.15) is 97.7 Å². The molecule has 107 heavy (non-hydrogen) atoms. The molecule has 1 unspecified atom stereocenters. The molecular weight excluding hydrogens is 1410 g/mol. The van der Waals surface area contributed by atoms with Crippen molar-refractivity contribution >= 4 is 29.7 Å². The first-order valence-corrected chi connectivity index (χ1v) is 39.2. The zero-order chi connectivity index (χ0) is 79.4. The van der Waals surface area contributed by atoms with Crippen molar-refractivity contribution in [2.45, 2.75) is 398 Å². The van der Waals surface area contributed by atoms with Gasteiger partial charge in [-0.3, -0.25) is 14.4 Å². The Morgan fingerprint density at radius 2 is 0.897 bits per heavy atom. The highest BCUT2D eigenvalue weighted by Crippen LogP contribution is 2.41. The van der Waals surface area contributed by atoms with Crippen LogP contribution in [0.3, 0.4) is 0 Å².